The molecule has 0 aliphatic carbocycles. The zero-order chi connectivity index (χ0) is 18.5. The summed E-state index contributed by atoms with van der Waals surface area (Å²) in [7, 11) is 0. The molecule has 0 aromatic heterocycles. The second kappa shape index (κ2) is 8.46. The van der Waals surface area contributed by atoms with Gasteiger partial charge in [-0.15, -0.1) is 0 Å². The number of likely N-dealkylation sites (tertiary alicyclic amines) is 1. The first-order valence-electron chi connectivity index (χ1n) is 7.30. The van der Waals surface area contributed by atoms with Gasteiger partial charge < -0.3 is 15.7 Å². The van der Waals surface area contributed by atoms with Crippen LogP contribution in [0.15, 0.2) is 24.3 Å². The van der Waals surface area contributed by atoms with Crippen LogP contribution in [0.25, 0.3) is 0 Å². The van der Waals surface area contributed by atoms with Gasteiger partial charge in [-0.2, -0.15) is 0 Å². The maximum Gasteiger partial charge on any atom is 0.306 e. The van der Waals surface area contributed by atoms with Crippen LogP contribution in [0, 0.1) is 5.92 Å². The summed E-state index contributed by atoms with van der Waals surface area (Å²) < 4.78 is 0. The first-order valence-corrected chi connectivity index (χ1v) is 8.06. The van der Waals surface area contributed by atoms with E-state index in [0.29, 0.717) is 16.5 Å². The standard InChI is InChI=1S/C10H16N2O4.C6H4Cl2/c1-6(13)10(11)5-8(9(15)16)3-4-12(10)7(2)14;7-5-3-1-2-4-6(5)8/h8H,3-5,11H2,1-2H3,(H,15,16);1-4H. The van der Waals surface area contributed by atoms with Crippen molar-refractivity contribution >= 4 is 40.9 Å². The van der Waals surface area contributed by atoms with Gasteiger partial charge in [0.2, 0.25) is 5.91 Å². The molecule has 8 heteroatoms. The van der Waals surface area contributed by atoms with Gasteiger partial charge in [0.05, 0.1) is 16.0 Å². The van der Waals surface area contributed by atoms with Gasteiger partial charge in [-0.3, -0.25) is 14.4 Å². The predicted molar refractivity (Wildman–Crippen MR) is 91.8 cm³/mol. The summed E-state index contributed by atoms with van der Waals surface area (Å²) in [6.45, 7) is 2.81. The Kier molecular flexibility index (Phi) is 7.20. The summed E-state index contributed by atoms with van der Waals surface area (Å²) in [6.07, 6.45) is 0.318. The van der Waals surface area contributed by atoms with E-state index in [9.17, 15) is 14.4 Å². The van der Waals surface area contributed by atoms with E-state index in [0.717, 1.165) is 0 Å². The number of rotatable bonds is 2. The minimum absolute atomic E-state index is 0.0166. The SMILES string of the molecule is CC(=O)N1CCC(C(=O)O)CC1(N)C(C)=O.Clc1ccccc1Cl. The zero-order valence-electron chi connectivity index (χ0n) is 13.5. The monoisotopic (exact) mass is 374 g/mol. The molecule has 2 unspecified atom stereocenters. The molecule has 1 aromatic carbocycles. The molecule has 6 nitrogen and oxygen atoms in total. The van der Waals surface area contributed by atoms with Crippen molar-refractivity contribution in [3.8, 4) is 0 Å². The number of aliphatic carboxylic acids is 1. The molecule has 0 bridgehead atoms. The Hall–Kier alpha value is -1.63. The van der Waals surface area contributed by atoms with E-state index in [4.69, 9.17) is 34.0 Å². The third-order valence-corrected chi connectivity index (χ3v) is 4.66. The van der Waals surface area contributed by atoms with Crippen LogP contribution < -0.4 is 5.73 Å². The normalized spacial score (nSPS) is 23.0. The lowest BCUT2D eigenvalue weighted by atomic mass is 9.84. The van der Waals surface area contributed by atoms with Crippen LogP contribution in [-0.2, 0) is 14.4 Å². The summed E-state index contributed by atoms with van der Waals surface area (Å²) in [5, 5.41) is 10.1. The number of ketones is 1. The number of carboxylic acids is 1. The van der Waals surface area contributed by atoms with Crippen LogP contribution >= 0.6 is 23.2 Å². The van der Waals surface area contributed by atoms with E-state index in [2.05, 4.69) is 0 Å². The first kappa shape index (κ1) is 20.4. The predicted octanol–water partition coefficient (Wildman–Crippen LogP) is 2.57. The van der Waals surface area contributed by atoms with E-state index in [1.807, 2.05) is 12.1 Å². The van der Waals surface area contributed by atoms with Gasteiger partial charge >= 0.3 is 5.97 Å². The largest absolute Gasteiger partial charge is 0.481 e. The van der Waals surface area contributed by atoms with Gasteiger partial charge in [-0.05, 0) is 25.5 Å². The summed E-state index contributed by atoms with van der Waals surface area (Å²) in [5.41, 5.74) is 4.40. The number of hydrogen-bond acceptors (Lipinski definition) is 4. The number of carboxylic acid groups (broad SMARTS) is 1. The van der Waals surface area contributed by atoms with Crippen molar-refractivity contribution in [1.82, 2.24) is 4.90 Å². The molecule has 2 atom stereocenters. The van der Waals surface area contributed by atoms with Crippen LogP contribution in [0.4, 0.5) is 0 Å². The quantitative estimate of drug-likeness (QED) is 0.828. The van der Waals surface area contributed by atoms with Crippen molar-refractivity contribution in [2.24, 2.45) is 11.7 Å². The number of halogens is 2. The van der Waals surface area contributed by atoms with Crippen molar-refractivity contribution in [3.63, 3.8) is 0 Å². The number of benzene rings is 1. The molecule has 1 amide bonds. The molecule has 1 saturated heterocycles. The second-order valence-electron chi connectivity index (χ2n) is 5.59. The molecular formula is C16H20Cl2N2O4. The van der Waals surface area contributed by atoms with Crippen LogP contribution in [0.3, 0.4) is 0 Å². The Labute approximate surface area is 150 Å². The molecule has 3 N–H and O–H groups in total. The lowest BCUT2D eigenvalue weighted by molar-refractivity contribution is -0.155. The molecule has 0 radical (unpaired) electrons. The number of hydrogen-bond donors (Lipinski definition) is 2. The number of carbonyl (C=O) groups is 3. The molecule has 132 valence electrons. The van der Waals surface area contributed by atoms with Gasteiger partial charge in [-0.25, -0.2) is 0 Å². The second-order valence-corrected chi connectivity index (χ2v) is 6.41. The number of Topliss-reactive ketones (excluding diaryl/α,β-unsaturated/α-hetero) is 1. The minimum atomic E-state index is -1.47. The van der Waals surface area contributed by atoms with Gasteiger partial charge in [0.15, 0.2) is 11.4 Å². The van der Waals surface area contributed by atoms with E-state index < -0.39 is 17.6 Å². The Morgan fingerprint density at radius 2 is 1.71 bits per heavy atom. The molecular weight excluding hydrogens is 355 g/mol. The fourth-order valence-corrected chi connectivity index (χ4v) is 2.77. The van der Waals surface area contributed by atoms with E-state index in [-0.39, 0.29) is 24.7 Å². The Bertz CT molecular complexity index is 617. The Balaban J connectivity index is 0.000000300. The molecule has 1 aliphatic heterocycles. The maximum atomic E-state index is 11.5. The average Bonchev–Trinajstić information content (AvgIpc) is 2.50. The van der Waals surface area contributed by atoms with E-state index in [1.54, 1.807) is 12.1 Å². The Morgan fingerprint density at radius 1 is 1.21 bits per heavy atom. The molecule has 1 aliphatic rings. The van der Waals surface area contributed by atoms with Crippen molar-refractivity contribution in [3.05, 3.63) is 34.3 Å². The first-order chi connectivity index (χ1) is 11.1. The molecule has 0 saturated carbocycles. The smallest absolute Gasteiger partial charge is 0.306 e. The van der Waals surface area contributed by atoms with Crippen molar-refractivity contribution in [2.45, 2.75) is 32.4 Å². The highest BCUT2D eigenvalue weighted by molar-refractivity contribution is 6.41. The van der Waals surface area contributed by atoms with Crippen molar-refractivity contribution < 1.29 is 19.5 Å². The lowest BCUT2D eigenvalue weighted by Crippen LogP contribution is -2.66. The van der Waals surface area contributed by atoms with Crippen LogP contribution in [0.1, 0.15) is 26.7 Å². The Morgan fingerprint density at radius 3 is 2.04 bits per heavy atom. The van der Waals surface area contributed by atoms with Crippen LogP contribution in [-0.4, -0.2) is 39.9 Å². The fourth-order valence-electron chi connectivity index (χ4n) is 2.49. The van der Waals surface area contributed by atoms with Gasteiger partial charge in [-0.1, -0.05) is 35.3 Å². The summed E-state index contributed by atoms with van der Waals surface area (Å²) >= 11 is 11.2. The minimum Gasteiger partial charge on any atom is -0.481 e. The molecule has 1 fully saturated rings. The average molecular weight is 375 g/mol. The van der Waals surface area contributed by atoms with Crippen molar-refractivity contribution in [2.75, 3.05) is 6.54 Å². The van der Waals surface area contributed by atoms with Crippen LogP contribution in [0.5, 0.6) is 0 Å². The third kappa shape index (κ3) is 4.93. The summed E-state index contributed by atoms with van der Waals surface area (Å²) in [6, 6.07) is 7.19. The molecule has 0 spiro atoms. The third-order valence-electron chi connectivity index (χ3n) is 3.90. The van der Waals surface area contributed by atoms with E-state index >= 15 is 0 Å². The highest BCUT2D eigenvalue weighted by Gasteiger charge is 2.46. The molecule has 24 heavy (non-hydrogen) atoms. The zero-order valence-corrected chi connectivity index (χ0v) is 15.0. The van der Waals surface area contributed by atoms with Crippen LogP contribution in [0.2, 0.25) is 10.0 Å². The number of nitrogens with two attached hydrogens (primary N) is 1. The molecule has 1 aromatic rings. The highest BCUT2D eigenvalue weighted by Crippen LogP contribution is 2.29. The maximum absolute atomic E-state index is 11.5. The van der Waals surface area contributed by atoms with E-state index in [1.165, 1.54) is 18.7 Å². The van der Waals surface area contributed by atoms with Gasteiger partial charge in [0, 0.05) is 19.9 Å². The highest BCUT2D eigenvalue weighted by atomic mass is 35.5. The number of amides is 1. The number of carbonyl (C=O) groups excluding carboxylic acids is 2. The van der Waals surface area contributed by atoms with Crippen molar-refractivity contribution in [1.29, 1.82) is 0 Å². The molecule has 2 rings (SSSR count). The number of nitrogens with zero attached hydrogens (tertiary/aromatic N) is 1. The van der Waals surface area contributed by atoms with Gasteiger partial charge in [0.25, 0.3) is 0 Å². The number of piperidine rings is 1. The lowest BCUT2D eigenvalue weighted by Gasteiger charge is -2.44. The summed E-state index contributed by atoms with van der Waals surface area (Å²) in [5.74, 6) is -2.32. The summed E-state index contributed by atoms with van der Waals surface area (Å²) in [4.78, 5) is 35.0. The van der Waals surface area contributed by atoms with Gasteiger partial charge in [0.1, 0.15) is 0 Å². The topological polar surface area (TPSA) is 101 Å². The fraction of sp³-hybridized carbons (Fsp3) is 0.438. The molecule has 1 heterocycles.